The number of hydrogen-bond acceptors (Lipinski definition) is 3. The lowest BCUT2D eigenvalue weighted by Crippen LogP contribution is -2.30. The molecule has 0 bridgehead atoms. The lowest BCUT2D eigenvalue weighted by Gasteiger charge is -2.31. The zero-order valence-corrected chi connectivity index (χ0v) is 14.6. The van der Waals surface area contributed by atoms with Crippen molar-refractivity contribution in [3.63, 3.8) is 0 Å². The van der Waals surface area contributed by atoms with E-state index in [0.29, 0.717) is 13.0 Å². The Morgan fingerprint density at radius 2 is 2.05 bits per heavy atom. The lowest BCUT2D eigenvalue weighted by atomic mass is 9.98. The first-order chi connectivity index (χ1) is 10.6. The molecule has 0 saturated carbocycles. The molecular formula is C17H28N2O2S. The van der Waals surface area contributed by atoms with E-state index >= 15 is 0 Å². The summed E-state index contributed by atoms with van der Waals surface area (Å²) in [6.45, 7) is 6.84. The van der Waals surface area contributed by atoms with Gasteiger partial charge in [0, 0.05) is 25.3 Å². The smallest absolute Gasteiger partial charge is 0.211 e. The fraction of sp³-hybridized carbons (Fsp3) is 0.647. The van der Waals surface area contributed by atoms with Crippen LogP contribution in [-0.4, -0.2) is 33.8 Å². The Morgan fingerprint density at radius 3 is 2.77 bits per heavy atom. The van der Waals surface area contributed by atoms with E-state index in [1.807, 2.05) is 6.92 Å². The van der Waals surface area contributed by atoms with Crippen molar-refractivity contribution in [1.29, 1.82) is 0 Å². The molecule has 1 aliphatic heterocycles. The molecule has 124 valence electrons. The first kappa shape index (κ1) is 17.3. The van der Waals surface area contributed by atoms with Gasteiger partial charge >= 0.3 is 0 Å². The Hall–Kier alpha value is -1.07. The van der Waals surface area contributed by atoms with Gasteiger partial charge in [0.15, 0.2) is 0 Å². The molecule has 1 N–H and O–H groups in total. The number of sulfonamides is 1. The van der Waals surface area contributed by atoms with E-state index in [1.54, 1.807) is 0 Å². The van der Waals surface area contributed by atoms with Gasteiger partial charge in [-0.3, -0.25) is 0 Å². The van der Waals surface area contributed by atoms with Gasteiger partial charge in [0.25, 0.3) is 0 Å². The molecule has 0 saturated heterocycles. The van der Waals surface area contributed by atoms with Crippen LogP contribution in [0.4, 0.5) is 5.69 Å². The van der Waals surface area contributed by atoms with Gasteiger partial charge in [0.1, 0.15) is 0 Å². The minimum absolute atomic E-state index is 0.211. The molecular weight excluding hydrogens is 296 g/mol. The van der Waals surface area contributed by atoms with E-state index in [-0.39, 0.29) is 5.75 Å². The number of hydrogen-bond donors (Lipinski definition) is 1. The summed E-state index contributed by atoms with van der Waals surface area (Å²) in [5.74, 6) is 0.211. The highest BCUT2D eigenvalue weighted by Crippen LogP contribution is 2.28. The molecule has 0 unspecified atom stereocenters. The first-order valence-corrected chi connectivity index (χ1v) is 10.0. The maximum absolute atomic E-state index is 11.7. The minimum atomic E-state index is -3.09. The highest BCUT2D eigenvalue weighted by Gasteiger charge is 2.16. The van der Waals surface area contributed by atoms with E-state index in [9.17, 15) is 8.42 Å². The summed E-state index contributed by atoms with van der Waals surface area (Å²) >= 11 is 0. The number of nitrogens with zero attached hydrogens (tertiary/aromatic N) is 1. The molecule has 2 rings (SSSR count). The van der Waals surface area contributed by atoms with Crippen LogP contribution in [0.3, 0.4) is 0 Å². The molecule has 1 aromatic rings. The highest BCUT2D eigenvalue weighted by molar-refractivity contribution is 7.89. The molecule has 1 aromatic carbocycles. The molecule has 0 aliphatic carbocycles. The Morgan fingerprint density at radius 1 is 1.23 bits per heavy atom. The van der Waals surface area contributed by atoms with Gasteiger partial charge in [-0.15, -0.1) is 0 Å². The van der Waals surface area contributed by atoms with Gasteiger partial charge < -0.3 is 4.90 Å². The minimum Gasteiger partial charge on any atom is -0.371 e. The third kappa shape index (κ3) is 4.71. The lowest BCUT2D eigenvalue weighted by molar-refractivity contribution is 0.580. The second-order valence-electron chi connectivity index (χ2n) is 6.02. The number of fused-ring (bicyclic) bond motifs is 1. The first-order valence-electron chi connectivity index (χ1n) is 8.40. The topological polar surface area (TPSA) is 49.4 Å². The molecule has 0 radical (unpaired) electrons. The number of benzene rings is 1. The molecule has 0 amide bonds. The summed E-state index contributed by atoms with van der Waals surface area (Å²) in [5.41, 5.74) is 3.99. The standard InChI is InChI=1S/C17H28N2O2S/c1-3-11-19-12-5-6-16-14-15(7-8-17(16)19)9-10-18-22(20,21)13-4-2/h7-8,14,18H,3-6,9-13H2,1-2H3. The normalized spacial score (nSPS) is 14.9. The van der Waals surface area contributed by atoms with Gasteiger partial charge in [-0.2, -0.15) is 0 Å². The Bertz CT molecular complexity index is 584. The van der Waals surface area contributed by atoms with Crippen LogP contribution < -0.4 is 9.62 Å². The van der Waals surface area contributed by atoms with E-state index in [0.717, 1.165) is 25.9 Å². The number of rotatable bonds is 8. The monoisotopic (exact) mass is 324 g/mol. The molecule has 22 heavy (non-hydrogen) atoms. The van der Waals surface area contributed by atoms with Crippen molar-refractivity contribution in [2.75, 3.05) is 30.3 Å². The van der Waals surface area contributed by atoms with Crippen LogP contribution in [-0.2, 0) is 22.9 Å². The summed E-state index contributed by atoms with van der Waals surface area (Å²) in [7, 11) is -3.09. The van der Waals surface area contributed by atoms with Crippen molar-refractivity contribution in [2.24, 2.45) is 0 Å². The molecule has 1 aliphatic rings. The zero-order chi connectivity index (χ0) is 16.0. The van der Waals surface area contributed by atoms with Crippen LogP contribution in [0.2, 0.25) is 0 Å². The third-order valence-corrected chi connectivity index (χ3v) is 5.65. The molecule has 0 atom stereocenters. The number of nitrogens with one attached hydrogen (secondary N) is 1. The van der Waals surface area contributed by atoms with Crippen LogP contribution in [0, 0.1) is 0 Å². The second-order valence-corrected chi connectivity index (χ2v) is 7.94. The van der Waals surface area contributed by atoms with E-state index in [4.69, 9.17) is 0 Å². The maximum atomic E-state index is 11.7. The fourth-order valence-corrected chi connectivity index (χ4v) is 4.17. The van der Waals surface area contributed by atoms with Crippen molar-refractivity contribution < 1.29 is 8.42 Å². The van der Waals surface area contributed by atoms with Gasteiger partial charge in [-0.05, 0) is 49.3 Å². The molecule has 1 heterocycles. The second kappa shape index (κ2) is 7.97. The Labute approximate surface area is 135 Å². The van der Waals surface area contributed by atoms with Crippen molar-refractivity contribution in [2.45, 2.75) is 46.0 Å². The van der Waals surface area contributed by atoms with E-state index in [2.05, 4.69) is 34.7 Å². The Balaban J connectivity index is 1.97. The molecule has 0 fully saturated rings. The van der Waals surface area contributed by atoms with Crippen molar-refractivity contribution >= 4 is 15.7 Å². The van der Waals surface area contributed by atoms with Gasteiger partial charge in [0.2, 0.25) is 10.0 Å². The van der Waals surface area contributed by atoms with Crippen LogP contribution in [0.5, 0.6) is 0 Å². The predicted molar refractivity (Wildman–Crippen MR) is 93.1 cm³/mol. The Kier molecular flexibility index (Phi) is 6.26. The summed E-state index contributed by atoms with van der Waals surface area (Å²) in [4.78, 5) is 2.46. The van der Waals surface area contributed by atoms with Gasteiger partial charge in [-0.25, -0.2) is 13.1 Å². The van der Waals surface area contributed by atoms with Crippen molar-refractivity contribution in [1.82, 2.24) is 4.72 Å². The number of aryl methyl sites for hydroxylation is 1. The van der Waals surface area contributed by atoms with Gasteiger partial charge in [-0.1, -0.05) is 26.0 Å². The van der Waals surface area contributed by atoms with Crippen LogP contribution in [0.25, 0.3) is 0 Å². The van der Waals surface area contributed by atoms with Gasteiger partial charge in [0.05, 0.1) is 5.75 Å². The highest BCUT2D eigenvalue weighted by atomic mass is 32.2. The largest absolute Gasteiger partial charge is 0.371 e. The molecule has 0 aromatic heterocycles. The predicted octanol–water partition coefficient (Wildman–Crippen LogP) is 2.72. The summed E-state index contributed by atoms with van der Waals surface area (Å²) in [6, 6.07) is 6.60. The quantitative estimate of drug-likeness (QED) is 0.800. The third-order valence-electron chi connectivity index (χ3n) is 4.06. The van der Waals surface area contributed by atoms with E-state index in [1.165, 1.54) is 29.7 Å². The molecule has 5 heteroatoms. The fourth-order valence-electron chi connectivity index (χ4n) is 3.08. The number of anilines is 1. The zero-order valence-electron chi connectivity index (χ0n) is 13.8. The van der Waals surface area contributed by atoms with Crippen molar-refractivity contribution in [3.8, 4) is 0 Å². The SMILES string of the molecule is CCCN1CCCc2cc(CCNS(=O)(=O)CCC)ccc21. The average Bonchev–Trinajstić information content (AvgIpc) is 2.47. The van der Waals surface area contributed by atoms with E-state index < -0.39 is 10.0 Å². The van der Waals surface area contributed by atoms with Crippen LogP contribution >= 0.6 is 0 Å². The average molecular weight is 324 g/mol. The summed E-state index contributed by atoms with van der Waals surface area (Å²) in [6.07, 6.45) is 4.91. The van der Waals surface area contributed by atoms with Crippen LogP contribution in [0.1, 0.15) is 44.2 Å². The van der Waals surface area contributed by atoms with Crippen molar-refractivity contribution in [3.05, 3.63) is 29.3 Å². The maximum Gasteiger partial charge on any atom is 0.211 e. The summed E-state index contributed by atoms with van der Waals surface area (Å²) in [5, 5.41) is 0. The molecule has 0 spiro atoms. The summed E-state index contributed by atoms with van der Waals surface area (Å²) < 4.78 is 26.0. The van der Waals surface area contributed by atoms with Crippen LogP contribution in [0.15, 0.2) is 18.2 Å². The molecule has 4 nitrogen and oxygen atoms in total.